The van der Waals surface area contributed by atoms with Gasteiger partial charge in [0.2, 0.25) is 0 Å². The predicted octanol–water partition coefficient (Wildman–Crippen LogP) is 3.96. The Morgan fingerprint density at radius 3 is 2.67 bits per heavy atom. The van der Waals surface area contributed by atoms with Gasteiger partial charge in [-0.25, -0.2) is 9.78 Å². The summed E-state index contributed by atoms with van der Waals surface area (Å²) in [4.78, 5) is 41.5. The van der Waals surface area contributed by atoms with Crippen molar-refractivity contribution < 1.29 is 9.21 Å². The Bertz CT molecular complexity index is 1230. The second-order valence-corrected chi connectivity index (χ2v) is 9.11. The van der Waals surface area contributed by atoms with Gasteiger partial charge in [0.05, 0.1) is 16.5 Å². The van der Waals surface area contributed by atoms with Crippen molar-refractivity contribution >= 4 is 48.7 Å². The van der Waals surface area contributed by atoms with Crippen LogP contribution in [0.3, 0.4) is 0 Å². The van der Waals surface area contributed by atoms with Crippen LogP contribution in [0.4, 0.5) is 0 Å². The zero-order chi connectivity index (χ0) is 21.3. The third kappa shape index (κ3) is 4.41. The summed E-state index contributed by atoms with van der Waals surface area (Å²) in [6, 6.07) is 6.60. The minimum atomic E-state index is -0.720. The third-order valence-corrected chi connectivity index (χ3v) is 6.36. The van der Waals surface area contributed by atoms with Gasteiger partial charge in [-0.15, -0.1) is 0 Å². The molecule has 4 rings (SSSR count). The van der Waals surface area contributed by atoms with Crippen LogP contribution in [0.25, 0.3) is 11.0 Å². The van der Waals surface area contributed by atoms with Crippen LogP contribution in [0.1, 0.15) is 47.7 Å². The summed E-state index contributed by atoms with van der Waals surface area (Å²) < 4.78 is 8.15. The molecule has 1 fully saturated rings. The van der Waals surface area contributed by atoms with E-state index in [1.54, 1.807) is 18.2 Å². The Kier molecular flexibility index (Phi) is 6.19. The van der Waals surface area contributed by atoms with Crippen LogP contribution in [-0.4, -0.2) is 22.0 Å². The predicted molar refractivity (Wildman–Crippen MR) is 120 cm³/mol. The highest BCUT2D eigenvalue weighted by Crippen LogP contribution is 2.32. The molecule has 0 spiro atoms. The van der Waals surface area contributed by atoms with Gasteiger partial charge in [-0.05, 0) is 47.0 Å². The highest BCUT2D eigenvalue weighted by atomic mass is 79.9. The van der Waals surface area contributed by atoms with Gasteiger partial charge in [-0.2, -0.15) is 0 Å². The number of halogens is 2. The Balaban J connectivity index is 1.44. The number of amides is 1. The molecule has 0 atom stereocenters. The van der Waals surface area contributed by atoms with Gasteiger partial charge in [0.25, 0.3) is 11.5 Å². The number of carbonyl (C=O) groups is 1. The number of rotatable bonds is 5. The van der Waals surface area contributed by atoms with Crippen molar-refractivity contribution in [3.8, 4) is 0 Å². The second-order valence-electron chi connectivity index (χ2n) is 7.34. The lowest BCUT2D eigenvalue weighted by molar-refractivity contribution is 0.0948. The fraction of sp³-hybridized carbons (Fsp3) is 0.333. The van der Waals surface area contributed by atoms with Gasteiger partial charge >= 0.3 is 5.63 Å². The van der Waals surface area contributed by atoms with E-state index >= 15 is 0 Å². The monoisotopic (exact) mass is 535 g/mol. The molecule has 1 amide bonds. The molecule has 1 aliphatic carbocycles. The average Bonchev–Trinajstić information content (AvgIpc) is 3.24. The summed E-state index contributed by atoms with van der Waals surface area (Å²) in [5, 5.41) is 3.28. The minimum absolute atomic E-state index is 0.0884. The van der Waals surface area contributed by atoms with Crippen molar-refractivity contribution in [2.75, 3.05) is 6.54 Å². The molecule has 0 aliphatic heterocycles. The Morgan fingerprint density at radius 2 is 1.93 bits per heavy atom. The topological polar surface area (TPSA) is 94.2 Å². The van der Waals surface area contributed by atoms with Crippen LogP contribution >= 0.6 is 31.9 Å². The zero-order valence-corrected chi connectivity index (χ0v) is 19.2. The maximum atomic E-state index is 12.5. The lowest BCUT2D eigenvalue weighted by Crippen LogP contribution is -2.33. The SMILES string of the molecule is O=C(NCCn1cnc(C2CCCC2)cc1=O)c1cc2cc(Br)cc(Br)c2oc1=O. The first kappa shape index (κ1) is 21.0. The van der Waals surface area contributed by atoms with Crippen molar-refractivity contribution in [2.45, 2.75) is 38.1 Å². The number of aromatic nitrogens is 2. The maximum Gasteiger partial charge on any atom is 0.349 e. The molecule has 7 nitrogen and oxygen atoms in total. The van der Waals surface area contributed by atoms with Gasteiger partial charge in [0.1, 0.15) is 5.56 Å². The smallest absolute Gasteiger partial charge is 0.349 e. The molecule has 30 heavy (non-hydrogen) atoms. The van der Waals surface area contributed by atoms with Gasteiger partial charge < -0.3 is 9.73 Å². The molecular formula is C21H19Br2N3O4. The summed E-state index contributed by atoms with van der Waals surface area (Å²) in [5.74, 6) is -0.176. The van der Waals surface area contributed by atoms with Gasteiger partial charge in [-0.1, -0.05) is 28.8 Å². The van der Waals surface area contributed by atoms with E-state index in [-0.39, 0.29) is 24.2 Å². The van der Waals surface area contributed by atoms with Crippen LogP contribution in [0.5, 0.6) is 0 Å². The fourth-order valence-corrected chi connectivity index (χ4v) is 5.09. The maximum absolute atomic E-state index is 12.5. The van der Waals surface area contributed by atoms with E-state index in [0.717, 1.165) is 23.0 Å². The van der Waals surface area contributed by atoms with Crippen LogP contribution in [0.15, 0.2) is 53.5 Å². The zero-order valence-electron chi connectivity index (χ0n) is 16.0. The van der Waals surface area contributed by atoms with Crippen LogP contribution < -0.4 is 16.5 Å². The van der Waals surface area contributed by atoms with Gasteiger partial charge in [-0.3, -0.25) is 14.2 Å². The normalized spacial score (nSPS) is 14.3. The Hall–Kier alpha value is -2.26. The molecule has 0 saturated heterocycles. The molecular weight excluding hydrogens is 518 g/mol. The highest BCUT2D eigenvalue weighted by molar-refractivity contribution is 9.11. The lowest BCUT2D eigenvalue weighted by atomic mass is 10.0. The van der Waals surface area contributed by atoms with Crippen molar-refractivity contribution in [2.24, 2.45) is 0 Å². The summed E-state index contributed by atoms with van der Waals surface area (Å²) in [5.41, 5.74) is 0.280. The highest BCUT2D eigenvalue weighted by Gasteiger charge is 2.19. The standard InChI is InChI=1S/C21H19Br2N3O4/c22-14-7-13-8-15(21(29)30-19(13)16(23)9-14)20(28)24-5-6-26-11-25-17(10-18(26)27)12-3-1-2-4-12/h7-12H,1-6H2,(H,24,28). The molecule has 2 heterocycles. The third-order valence-electron chi connectivity index (χ3n) is 5.31. The molecule has 1 saturated carbocycles. The van der Waals surface area contributed by atoms with Crippen LogP contribution in [-0.2, 0) is 6.54 Å². The Labute approximate surface area is 188 Å². The Morgan fingerprint density at radius 1 is 1.17 bits per heavy atom. The number of benzene rings is 1. The van der Waals surface area contributed by atoms with Gasteiger partial charge in [0, 0.05) is 34.9 Å². The summed E-state index contributed by atoms with van der Waals surface area (Å²) in [6.45, 7) is 0.446. The number of hydrogen-bond donors (Lipinski definition) is 1. The first-order valence-electron chi connectivity index (χ1n) is 9.70. The van der Waals surface area contributed by atoms with E-state index in [1.807, 2.05) is 0 Å². The van der Waals surface area contributed by atoms with Crippen molar-refractivity contribution in [3.05, 3.63) is 71.6 Å². The van der Waals surface area contributed by atoms with E-state index in [4.69, 9.17) is 4.42 Å². The number of nitrogens with zero attached hydrogens (tertiary/aromatic N) is 2. The van der Waals surface area contributed by atoms with E-state index < -0.39 is 11.5 Å². The molecule has 1 aliphatic rings. The molecule has 9 heteroatoms. The first-order valence-corrected chi connectivity index (χ1v) is 11.3. The molecule has 156 valence electrons. The largest absolute Gasteiger partial charge is 0.421 e. The number of nitrogens with one attached hydrogen (secondary N) is 1. The molecule has 2 aromatic heterocycles. The number of hydrogen-bond acceptors (Lipinski definition) is 5. The van der Waals surface area contributed by atoms with E-state index in [9.17, 15) is 14.4 Å². The van der Waals surface area contributed by atoms with Crippen LogP contribution in [0, 0.1) is 0 Å². The van der Waals surface area contributed by atoms with Crippen molar-refractivity contribution in [1.82, 2.24) is 14.9 Å². The molecule has 0 bridgehead atoms. The lowest BCUT2D eigenvalue weighted by Gasteiger charge is -2.11. The second kappa shape index (κ2) is 8.85. The van der Waals surface area contributed by atoms with E-state index in [1.165, 1.54) is 29.8 Å². The molecule has 1 N–H and O–H groups in total. The molecule has 0 radical (unpaired) electrons. The summed E-state index contributed by atoms with van der Waals surface area (Å²) in [7, 11) is 0. The van der Waals surface area contributed by atoms with Crippen molar-refractivity contribution in [3.63, 3.8) is 0 Å². The molecule has 1 aromatic carbocycles. The van der Waals surface area contributed by atoms with Gasteiger partial charge in [0.15, 0.2) is 5.58 Å². The van der Waals surface area contributed by atoms with Crippen LogP contribution in [0.2, 0.25) is 0 Å². The van der Waals surface area contributed by atoms with E-state index in [0.29, 0.717) is 21.4 Å². The van der Waals surface area contributed by atoms with E-state index in [2.05, 4.69) is 42.2 Å². The summed E-state index contributed by atoms with van der Waals surface area (Å²) in [6.07, 6.45) is 6.04. The minimum Gasteiger partial charge on any atom is -0.421 e. The molecule has 3 aromatic rings. The average molecular weight is 537 g/mol. The first-order chi connectivity index (χ1) is 14.4. The fourth-order valence-electron chi connectivity index (χ4n) is 3.75. The quantitative estimate of drug-likeness (QED) is 0.498. The number of fused-ring (bicyclic) bond motifs is 1. The number of carbonyl (C=O) groups excluding carboxylic acids is 1. The molecule has 0 unspecified atom stereocenters. The van der Waals surface area contributed by atoms with Crippen molar-refractivity contribution in [1.29, 1.82) is 0 Å². The summed E-state index contributed by atoms with van der Waals surface area (Å²) >= 11 is 6.72.